The van der Waals surface area contributed by atoms with Crippen LogP contribution >= 0.6 is 0 Å². The van der Waals surface area contributed by atoms with Crippen LogP contribution in [0.3, 0.4) is 0 Å². The van der Waals surface area contributed by atoms with Crippen LogP contribution in [0, 0.1) is 19.8 Å². The van der Waals surface area contributed by atoms with E-state index in [1.165, 1.54) is 17.5 Å². The van der Waals surface area contributed by atoms with Crippen molar-refractivity contribution in [3.8, 4) is 0 Å². The minimum Gasteiger partial charge on any atom is -0.339 e. The molecule has 0 aromatic heterocycles. The number of likely N-dealkylation sites (tertiary alicyclic amines) is 1. The average molecular weight is 328 g/mol. The molecular formula is C20H28N2O2. The summed E-state index contributed by atoms with van der Waals surface area (Å²) in [6.07, 6.45) is 4.75. The van der Waals surface area contributed by atoms with Crippen molar-refractivity contribution in [1.82, 2.24) is 4.90 Å². The molecule has 3 rings (SSSR count). The third-order valence-electron chi connectivity index (χ3n) is 5.66. The molecule has 0 aliphatic carbocycles. The fourth-order valence-electron chi connectivity index (χ4n) is 3.97. The molecule has 4 heteroatoms. The standard InChI is InChI=1S/C20H28N2O2/c1-4-17-7-5-6-10-21(17)20(24)16-12-19(23)22(13-16)18-9-8-14(2)15(3)11-18/h8-9,11,16-17H,4-7,10,12-13H2,1-3H3/t16-,17-/m1/s1. The van der Waals surface area contributed by atoms with E-state index in [2.05, 4.69) is 26.8 Å². The average Bonchev–Trinajstić information content (AvgIpc) is 2.98. The number of hydrogen-bond acceptors (Lipinski definition) is 2. The second-order valence-corrected chi connectivity index (χ2v) is 7.26. The first kappa shape index (κ1) is 17.0. The lowest BCUT2D eigenvalue weighted by Crippen LogP contribution is -2.46. The van der Waals surface area contributed by atoms with Gasteiger partial charge in [-0.3, -0.25) is 9.59 Å². The van der Waals surface area contributed by atoms with Gasteiger partial charge in [-0.15, -0.1) is 0 Å². The van der Waals surface area contributed by atoms with Crippen molar-refractivity contribution in [1.29, 1.82) is 0 Å². The molecule has 0 radical (unpaired) electrons. The van der Waals surface area contributed by atoms with Crippen LogP contribution in [0.25, 0.3) is 0 Å². The molecule has 1 aromatic rings. The molecule has 0 unspecified atom stereocenters. The van der Waals surface area contributed by atoms with Crippen LogP contribution in [0.4, 0.5) is 5.69 Å². The molecular weight excluding hydrogens is 300 g/mol. The Balaban J connectivity index is 1.74. The number of piperidine rings is 1. The van der Waals surface area contributed by atoms with Gasteiger partial charge in [0.15, 0.2) is 0 Å². The first-order valence-corrected chi connectivity index (χ1v) is 9.19. The van der Waals surface area contributed by atoms with Crippen molar-refractivity contribution in [3.63, 3.8) is 0 Å². The molecule has 130 valence electrons. The van der Waals surface area contributed by atoms with Gasteiger partial charge in [0.1, 0.15) is 0 Å². The van der Waals surface area contributed by atoms with Crippen molar-refractivity contribution < 1.29 is 9.59 Å². The van der Waals surface area contributed by atoms with Crippen LogP contribution in [0.15, 0.2) is 18.2 Å². The molecule has 2 heterocycles. The Bertz CT molecular complexity index is 641. The van der Waals surface area contributed by atoms with Crippen molar-refractivity contribution in [2.75, 3.05) is 18.0 Å². The topological polar surface area (TPSA) is 40.6 Å². The molecule has 24 heavy (non-hydrogen) atoms. The lowest BCUT2D eigenvalue weighted by Gasteiger charge is -2.36. The van der Waals surface area contributed by atoms with E-state index >= 15 is 0 Å². The van der Waals surface area contributed by atoms with Crippen LogP contribution in [-0.2, 0) is 9.59 Å². The van der Waals surface area contributed by atoms with Gasteiger partial charge in [-0.1, -0.05) is 13.0 Å². The summed E-state index contributed by atoms with van der Waals surface area (Å²) in [6, 6.07) is 6.45. The molecule has 0 spiro atoms. The Morgan fingerprint density at radius 1 is 1.21 bits per heavy atom. The van der Waals surface area contributed by atoms with E-state index in [0.29, 0.717) is 19.0 Å². The van der Waals surface area contributed by atoms with Crippen LogP contribution in [0.1, 0.15) is 50.2 Å². The highest BCUT2D eigenvalue weighted by atomic mass is 16.2. The second-order valence-electron chi connectivity index (χ2n) is 7.26. The third-order valence-corrected chi connectivity index (χ3v) is 5.66. The Hall–Kier alpha value is -1.84. The fraction of sp³-hybridized carbons (Fsp3) is 0.600. The smallest absolute Gasteiger partial charge is 0.228 e. The second kappa shape index (κ2) is 6.96. The summed E-state index contributed by atoms with van der Waals surface area (Å²) in [5.74, 6) is 0.0640. The third kappa shape index (κ3) is 3.19. The zero-order valence-corrected chi connectivity index (χ0v) is 15.0. The van der Waals surface area contributed by atoms with Crippen molar-refractivity contribution in [3.05, 3.63) is 29.3 Å². The minimum absolute atomic E-state index is 0.0710. The normalized spacial score (nSPS) is 24.5. The predicted octanol–water partition coefficient (Wildman–Crippen LogP) is 3.45. The zero-order valence-electron chi connectivity index (χ0n) is 15.0. The quantitative estimate of drug-likeness (QED) is 0.853. The SMILES string of the molecule is CC[C@@H]1CCCCN1C(=O)[C@@H]1CC(=O)N(c2ccc(C)c(C)c2)C1. The van der Waals surface area contributed by atoms with Crippen LogP contribution < -0.4 is 4.90 Å². The molecule has 0 bridgehead atoms. The van der Waals surface area contributed by atoms with Gasteiger partial charge in [-0.25, -0.2) is 0 Å². The molecule has 2 aliphatic rings. The summed E-state index contributed by atoms with van der Waals surface area (Å²) in [4.78, 5) is 29.3. The van der Waals surface area contributed by atoms with Gasteiger partial charge in [-0.05, 0) is 62.8 Å². The first-order valence-electron chi connectivity index (χ1n) is 9.19. The summed E-state index contributed by atoms with van der Waals surface area (Å²) in [6.45, 7) is 7.65. The Morgan fingerprint density at radius 3 is 2.71 bits per heavy atom. The van der Waals surface area contributed by atoms with E-state index in [4.69, 9.17) is 0 Å². The number of benzene rings is 1. The van der Waals surface area contributed by atoms with Crippen molar-refractivity contribution in [2.24, 2.45) is 5.92 Å². The van der Waals surface area contributed by atoms with Gasteiger partial charge in [0.2, 0.25) is 11.8 Å². The summed E-state index contributed by atoms with van der Waals surface area (Å²) in [5, 5.41) is 0. The molecule has 4 nitrogen and oxygen atoms in total. The van der Waals surface area contributed by atoms with Gasteiger partial charge < -0.3 is 9.80 Å². The number of rotatable bonds is 3. The van der Waals surface area contributed by atoms with Gasteiger partial charge in [-0.2, -0.15) is 0 Å². The fourth-order valence-corrected chi connectivity index (χ4v) is 3.97. The van der Waals surface area contributed by atoms with E-state index in [1.54, 1.807) is 4.90 Å². The summed E-state index contributed by atoms with van der Waals surface area (Å²) < 4.78 is 0. The van der Waals surface area contributed by atoms with Gasteiger partial charge in [0.05, 0.1) is 5.92 Å². The highest BCUT2D eigenvalue weighted by molar-refractivity contribution is 6.00. The number of carbonyl (C=O) groups excluding carboxylic acids is 2. The van der Waals surface area contributed by atoms with Gasteiger partial charge in [0, 0.05) is 31.2 Å². The Labute approximate surface area is 144 Å². The van der Waals surface area contributed by atoms with Gasteiger partial charge in [0.25, 0.3) is 0 Å². The molecule has 2 aliphatic heterocycles. The Kier molecular flexibility index (Phi) is 4.93. The maximum absolute atomic E-state index is 13.0. The van der Waals surface area contributed by atoms with Crippen molar-refractivity contribution >= 4 is 17.5 Å². The molecule has 2 fully saturated rings. The number of hydrogen-bond donors (Lipinski definition) is 0. The molecule has 0 saturated carbocycles. The number of anilines is 1. The largest absolute Gasteiger partial charge is 0.339 e. The molecule has 2 atom stereocenters. The van der Waals surface area contributed by atoms with E-state index in [0.717, 1.165) is 31.5 Å². The van der Waals surface area contributed by atoms with Crippen LogP contribution in [0.2, 0.25) is 0 Å². The van der Waals surface area contributed by atoms with E-state index in [-0.39, 0.29) is 17.7 Å². The minimum atomic E-state index is -0.189. The highest BCUT2D eigenvalue weighted by Gasteiger charge is 2.39. The van der Waals surface area contributed by atoms with Crippen molar-refractivity contribution in [2.45, 2.75) is 58.9 Å². The lowest BCUT2D eigenvalue weighted by molar-refractivity contribution is -0.139. The van der Waals surface area contributed by atoms with E-state index < -0.39 is 0 Å². The predicted molar refractivity (Wildman–Crippen MR) is 96.0 cm³/mol. The maximum Gasteiger partial charge on any atom is 0.228 e. The van der Waals surface area contributed by atoms with E-state index in [9.17, 15) is 9.59 Å². The highest BCUT2D eigenvalue weighted by Crippen LogP contribution is 2.30. The van der Waals surface area contributed by atoms with Gasteiger partial charge >= 0.3 is 0 Å². The molecule has 1 aromatic carbocycles. The molecule has 2 amide bonds. The maximum atomic E-state index is 13.0. The molecule has 0 N–H and O–H groups in total. The zero-order chi connectivity index (χ0) is 17.3. The monoisotopic (exact) mass is 328 g/mol. The summed E-state index contributed by atoms with van der Waals surface area (Å²) in [7, 11) is 0. The first-order chi connectivity index (χ1) is 11.5. The molecule has 2 saturated heterocycles. The Morgan fingerprint density at radius 2 is 2.00 bits per heavy atom. The summed E-state index contributed by atoms with van der Waals surface area (Å²) in [5.41, 5.74) is 3.32. The van der Waals surface area contributed by atoms with Crippen LogP contribution in [-0.4, -0.2) is 35.8 Å². The lowest BCUT2D eigenvalue weighted by atomic mass is 9.97. The number of nitrogens with zero attached hydrogens (tertiary/aromatic N) is 2. The number of carbonyl (C=O) groups is 2. The number of amides is 2. The van der Waals surface area contributed by atoms with Crippen LogP contribution in [0.5, 0.6) is 0 Å². The summed E-state index contributed by atoms with van der Waals surface area (Å²) >= 11 is 0. The number of aryl methyl sites for hydroxylation is 2. The van der Waals surface area contributed by atoms with E-state index in [1.807, 2.05) is 17.0 Å².